The highest BCUT2D eigenvalue weighted by molar-refractivity contribution is 7.26. The predicted molar refractivity (Wildman–Crippen MR) is 261 cm³/mol. The van der Waals surface area contributed by atoms with Gasteiger partial charge in [-0.05, 0) is 122 Å². The molecular weight excluding hydrogens is 759 g/mol. The second kappa shape index (κ2) is 14.5. The van der Waals surface area contributed by atoms with E-state index in [1.54, 1.807) is 0 Å². The van der Waals surface area contributed by atoms with Gasteiger partial charge in [-0.3, -0.25) is 0 Å². The quantitative estimate of drug-likeness (QED) is 0.160. The number of anilines is 3. The lowest BCUT2D eigenvalue weighted by molar-refractivity contribution is 0.669. The Morgan fingerprint density at radius 3 is 1.74 bits per heavy atom. The summed E-state index contributed by atoms with van der Waals surface area (Å²) in [6, 6.07) is 81.1. The molecule has 0 aliphatic carbocycles. The highest BCUT2D eigenvalue weighted by Crippen LogP contribution is 2.43. The van der Waals surface area contributed by atoms with Crippen LogP contribution in [0.3, 0.4) is 0 Å². The zero-order valence-corrected chi connectivity index (χ0v) is 33.9. The molecule has 0 unspecified atom stereocenters. The normalized spacial score (nSPS) is 11.6. The Morgan fingerprint density at radius 1 is 0.328 bits per heavy atom. The van der Waals surface area contributed by atoms with Gasteiger partial charge in [0, 0.05) is 48.0 Å². The van der Waals surface area contributed by atoms with Crippen LogP contribution in [0.15, 0.2) is 229 Å². The highest BCUT2D eigenvalue weighted by atomic mass is 32.1. The molecule has 0 aliphatic heterocycles. The second-order valence-corrected chi connectivity index (χ2v) is 16.7. The standard InChI is InChI=1S/C58H37NOS/c1-3-12-39(13-4-1)47-34-28-42(36-52(47)43-23-22-41-29-35-55-57(53(41)37-43)51-17-7-9-20-54(51)60-55)38-24-30-45(31-25-38)59(44-14-5-2-6-15-44)46-32-26-40(27-33-46)48-18-11-19-50-49-16-8-10-21-56(49)61-58(48)50/h1-37H. The van der Waals surface area contributed by atoms with Gasteiger partial charge in [0.2, 0.25) is 0 Å². The third-order valence-corrected chi connectivity index (χ3v) is 13.3. The Hall–Kier alpha value is -7.72. The van der Waals surface area contributed by atoms with Gasteiger partial charge in [0.05, 0.1) is 0 Å². The van der Waals surface area contributed by atoms with E-state index in [0.717, 1.165) is 44.6 Å². The Kier molecular flexibility index (Phi) is 8.39. The van der Waals surface area contributed by atoms with Crippen molar-refractivity contribution in [2.45, 2.75) is 0 Å². The Balaban J connectivity index is 0.932. The summed E-state index contributed by atoms with van der Waals surface area (Å²) in [5.74, 6) is 0. The number of hydrogen-bond donors (Lipinski definition) is 0. The molecule has 10 aromatic carbocycles. The number of fused-ring (bicyclic) bond motifs is 8. The molecule has 2 heterocycles. The van der Waals surface area contributed by atoms with Crippen molar-refractivity contribution in [1.82, 2.24) is 0 Å². The first kappa shape index (κ1) is 35.2. The summed E-state index contributed by atoms with van der Waals surface area (Å²) in [6.45, 7) is 0. The lowest BCUT2D eigenvalue weighted by Crippen LogP contribution is -2.09. The molecule has 12 rings (SSSR count). The van der Waals surface area contributed by atoms with Crippen molar-refractivity contribution >= 4 is 81.3 Å². The fourth-order valence-electron chi connectivity index (χ4n) is 9.13. The average molecular weight is 796 g/mol. The van der Waals surface area contributed by atoms with Crippen LogP contribution in [0.25, 0.3) is 97.4 Å². The SMILES string of the molecule is c1ccc(-c2ccc(-c3ccc(N(c4ccccc4)c4ccc(-c5cccc6c5sc5ccccc56)cc4)cc3)cc2-c2ccc3ccc4oc5ccccc5c4c3c2)cc1. The summed E-state index contributed by atoms with van der Waals surface area (Å²) >= 11 is 1.87. The largest absolute Gasteiger partial charge is 0.456 e. The van der Waals surface area contributed by atoms with Gasteiger partial charge in [-0.15, -0.1) is 11.3 Å². The molecule has 0 aliphatic rings. The molecule has 12 aromatic rings. The number of benzene rings is 10. The van der Waals surface area contributed by atoms with Crippen LogP contribution in [0.4, 0.5) is 17.1 Å². The second-order valence-electron chi connectivity index (χ2n) is 15.6. The molecule has 0 bridgehead atoms. The first-order valence-electron chi connectivity index (χ1n) is 20.7. The summed E-state index contributed by atoms with van der Waals surface area (Å²) in [6.07, 6.45) is 0. The molecule has 0 saturated heterocycles. The smallest absolute Gasteiger partial charge is 0.136 e. The molecule has 0 saturated carbocycles. The number of furan rings is 1. The number of rotatable bonds is 7. The van der Waals surface area contributed by atoms with E-state index >= 15 is 0 Å². The molecular formula is C58H37NOS. The minimum absolute atomic E-state index is 0.910. The van der Waals surface area contributed by atoms with Crippen LogP contribution in [0, 0.1) is 0 Å². The maximum Gasteiger partial charge on any atom is 0.136 e. The average Bonchev–Trinajstić information content (AvgIpc) is 3.92. The molecule has 0 atom stereocenters. The molecule has 61 heavy (non-hydrogen) atoms. The van der Waals surface area contributed by atoms with Crippen molar-refractivity contribution < 1.29 is 4.42 Å². The number of para-hydroxylation sites is 2. The molecule has 3 heteroatoms. The maximum atomic E-state index is 6.30. The van der Waals surface area contributed by atoms with Crippen LogP contribution in [-0.2, 0) is 0 Å². The predicted octanol–water partition coefficient (Wildman–Crippen LogP) is 17.2. The topological polar surface area (TPSA) is 16.4 Å². The maximum absolute atomic E-state index is 6.30. The van der Waals surface area contributed by atoms with E-state index < -0.39 is 0 Å². The van der Waals surface area contributed by atoms with Crippen LogP contribution in [0.2, 0.25) is 0 Å². The molecule has 286 valence electrons. The molecule has 0 N–H and O–H groups in total. The molecule has 0 radical (unpaired) electrons. The van der Waals surface area contributed by atoms with Gasteiger partial charge in [-0.25, -0.2) is 0 Å². The van der Waals surface area contributed by atoms with Crippen molar-refractivity contribution in [1.29, 1.82) is 0 Å². The number of thiophene rings is 1. The Bertz CT molecular complexity index is 3570. The summed E-state index contributed by atoms with van der Waals surface area (Å²) in [7, 11) is 0. The van der Waals surface area contributed by atoms with Gasteiger partial charge in [-0.1, -0.05) is 158 Å². The van der Waals surface area contributed by atoms with Crippen LogP contribution < -0.4 is 4.90 Å². The van der Waals surface area contributed by atoms with Gasteiger partial charge < -0.3 is 9.32 Å². The molecule has 0 spiro atoms. The van der Waals surface area contributed by atoms with Crippen molar-refractivity contribution in [2.24, 2.45) is 0 Å². The fourth-order valence-corrected chi connectivity index (χ4v) is 10.4. The van der Waals surface area contributed by atoms with Crippen molar-refractivity contribution in [3.63, 3.8) is 0 Å². The third-order valence-electron chi connectivity index (χ3n) is 12.1. The Morgan fingerprint density at radius 2 is 0.934 bits per heavy atom. The van der Waals surface area contributed by atoms with E-state index in [4.69, 9.17) is 4.42 Å². The molecule has 0 fully saturated rings. The van der Waals surface area contributed by atoms with Gasteiger partial charge >= 0.3 is 0 Å². The van der Waals surface area contributed by atoms with Crippen LogP contribution >= 0.6 is 11.3 Å². The highest BCUT2D eigenvalue weighted by Gasteiger charge is 2.17. The van der Waals surface area contributed by atoms with E-state index in [0.29, 0.717) is 0 Å². The van der Waals surface area contributed by atoms with Crippen LogP contribution in [0.5, 0.6) is 0 Å². The monoisotopic (exact) mass is 795 g/mol. The van der Waals surface area contributed by atoms with Gasteiger partial charge in [0.1, 0.15) is 11.2 Å². The minimum Gasteiger partial charge on any atom is -0.456 e. The summed E-state index contributed by atoms with van der Waals surface area (Å²) in [5, 5.41) is 7.33. The van der Waals surface area contributed by atoms with Gasteiger partial charge in [0.15, 0.2) is 0 Å². The summed E-state index contributed by atoms with van der Waals surface area (Å²) in [4.78, 5) is 2.34. The zero-order valence-electron chi connectivity index (χ0n) is 33.1. The van der Waals surface area contributed by atoms with Crippen molar-refractivity contribution in [2.75, 3.05) is 4.90 Å². The van der Waals surface area contributed by atoms with E-state index in [1.165, 1.54) is 69.9 Å². The van der Waals surface area contributed by atoms with E-state index in [2.05, 4.69) is 223 Å². The summed E-state index contributed by atoms with van der Waals surface area (Å²) in [5.41, 5.74) is 14.7. The lowest BCUT2D eigenvalue weighted by Gasteiger charge is -2.26. The summed E-state index contributed by atoms with van der Waals surface area (Å²) < 4.78 is 8.95. The lowest BCUT2D eigenvalue weighted by atomic mass is 9.89. The van der Waals surface area contributed by atoms with Crippen LogP contribution in [-0.4, -0.2) is 0 Å². The van der Waals surface area contributed by atoms with Crippen LogP contribution in [0.1, 0.15) is 0 Å². The Labute approximate surface area is 357 Å². The zero-order chi connectivity index (χ0) is 40.3. The van der Waals surface area contributed by atoms with E-state index in [-0.39, 0.29) is 0 Å². The molecule has 0 amide bonds. The number of hydrogen-bond acceptors (Lipinski definition) is 3. The first-order chi connectivity index (χ1) is 30.2. The van der Waals surface area contributed by atoms with Gasteiger partial charge in [-0.2, -0.15) is 0 Å². The molecule has 2 aromatic heterocycles. The fraction of sp³-hybridized carbons (Fsp3) is 0. The van der Waals surface area contributed by atoms with E-state index in [1.807, 2.05) is 17.4 Å². The molecule has 2 nitrogen and oxygen atoms in total. The van der Waals surface area contributed by atoms with Gasteiger partial charge in [0.25, 0.3) is 0 Å². The number of nitrogens with zero attached hydrogens (tertiary/aromatic N) is 1. The third kappa shape index (κ3) is 6.09. The van der Waals surface area contributed by atoms with Crippen molar-refractivity contribution in [3.8, 4) is 44.5 Å². The van der Waals surface area contributed by atoms with Crippen molar-refractivity contribution in [3.05, 3.63) is 224 Å². The minimum atomic E-state index is 0.910. The first-order valence-corrected chi connectivity index (χ1v) is 21.6. The van der Waals surface area contributed by atoms with E-state index in [9.17, 15) is 0 Å².